The second-order valence-corrected chi connectivity index (χ2v) is 8.75. The molecule has 8 nitrogen and oxygen atoms in total. The first-order valence-electron chi connectivity index (χ1n) is 11.5. The molecule has 12 heteroatoms. The third kappa shape index (κ3) is 8.64. The summed E-state index contributed by atoms with van der Waals surface area (Å²) in [6.07, 6.45) is 0.776. The van der Waals surface area contributed by atoms with Crippen molar-refractivity contribution in [3.63, 3.8) is 0 Å². The van der Waals surface area contributed by atoms with Crippen LogP contribution in [0.15, 0.2) is 42.6 Å². The number of rotatable bonds is 9. The van der Waals surface area contributed by atoms with Gasteiger partial charge in [-0.1, -0.05) is 25.1 Å². The Labute approximate surface area is 219 Å². The first-order chi connectivity index (χ1) is 17.0. The van der Waals surface area contributed by atoms with Crippen LogP contribution in [0.1, 0.15) is 43.9 Å². The maximum absolute atomic E-state index is 12.8. The van der Waals surface area contributed by atoms with Crippen molar-refractivity contribution in [3.8, 4) is 11.5 Å². The molecule has 1 aliphatic rings. The van der Waals surface area contributed by atoms with E-state index in [9.17, 15) is 22.8 Å². The Morgan fingerprint density at radius 2 is 2.05 bits per heavy atom. The van der Waals surface area contributed by atoms with Gasteiger partial charge in [-0.15, -0.1) is 25.6 Å². The molecular formula is C25H30ClF3N4O4. The highest BCUT2D eigenvalue weighted by Crippen LogP contribution is 2.35. The summed E-state index contributed by atoms with van der Waals surface area (Å²) in [5.41, 5.74) is 1.32. The average Bonchev–Trinajstić information content (AvgIpc) is 2.91. The van der Waals surface area contributed by atoms with Crippen molar-refractivity contribution in [3.05, 3.63) is 59.3 Å². The Hall–Kier alpha value is -3.31. The van der Waals surface area contributed by atoms with Crippen molar-refractivity contribution in [2.24, 2.45) is 0 Å². The summed E-state index contributed by atoms with van der Waals surface area (Å²) in [6, 6.07) is 6.04. The highest BCUT2D eigenvalue weighted by molar-refractivity contribution is 5.98. The summed E-state index contributed by atoms with van der Waals surface area (Å²) in [7, 11) is 0. The van der Waals surface area contributed by atoms with E-state index in [2.05, 4.69) is 25.7 Å². The number of carbonyl (C=O) groups excluding carboxylic acids is 2. The lowest BCUT2D eigenvalue weighted by molar-refractivity contribution is -0.275. The second kappa shape index (κ2) is 12.8. The molecule has 0 saturated heterocycles. The maximum atomic E-state index is 12.8. The summed E-state index contributed by atoms with van der Waals surface area (Å²) in [6.45, 7) is 6.02. The minimum atomic E-state index is -4.86. The summed E-state index contributed by atoms with van der Waals surface area (Å²) < 4.78 is 47.8. The standard InChI is InChI=1S/C25H29F3N4O4.ClH/c1-4-11-35-21-17(8-6-9-19(21)36-25(26,27)28)14-29-20(33)10-5-7-16-12-18-15-31-24(2,3)23(34)32-22(18)30-13-16;/h5-6,8-10,12-13,31H,4,7,11,14-15H2,1-3H3,(H,29,33)(H,30,32,34);1H/b10-5+;. The minimum Gasteiger partial charge on any atom is -0.489 e. The van der Waals surface area contributed by atoms with Crippen LogP contribution in [0.25, 0.3) is 0 Å². The fourth-order valence-corrected chi connectivity index (χ4v) is 3.40. The number of hydrogen-bond acceptors (Lipinski definition) is 6. The summed E-state index contributed by atoms with van der Waals surface area (Å²) in [5.74, 6) is -0.598. The maximum Gasteiger partial charge on any atom is 0.573 e. The highest BCUT2D eigenvalue weighted by Gasteiger charge is 2.33. The van der Waals surface area contributed by atoms with Crippen LogP contribution in [0.2, 0.25) is 0 Å². The minimum absolute atomic E-state index is 0. The fraction of sp³-hybridized carbons (Fsp3) is 0.400. The van der Waals surface area contributed by atoms with Crippen LogP contribution in [0, 0.1) is 0 Å². The monoisotopic (exact) mass is 542 g/mol. The van der Waals surface area contributed by atoms with E-state index >= 15 is 0 Å². The zero-order valence-corrected chi connectivity index (χ0v) is 21.5. The molecule has 3 N–H and O–H groups in total. The van der Waals surface area contributed by atoms with Gasteiger partial charge in [0.15, 0.2) is 11.5 Å². The lowest BCUT2D eigenvalue weighted by atomic mass is 10.1. The third-order valence-corrected chi connectivity index (χ3v) is 5.36. The molecule has 0 spiro atoms. The molecule has 1 aromatic heterocycles. The van der Waals surface area contributed by atoms with E-state index in [-0.39, 0.29) is 37.2 Å². The van der Waals surface area contributed by atoms with Crippen molar-refractivity contribution in [2.45, 2.75) is 58.6 Å². The van der Waals surface area contributed by atoms with Crippen LogP contribution in [0.3, 0.4) is 0 Å². The van der Waals surface area contributed by atoms with E-state index in [4.69, 9.17) is 4.74 Å². The lowest BCUT2D eigenvalue weighted by Gasteiger charge is -2.21. The molecule has 0 bridgehead atoms. The predicted octanol–water partition coefficient (Wildman–Crippen LogP) is 4.43. The van der Waals surface area contributed by atoms with Gasteiger partial charge in [-0.2, -0.15) is 0 Å². The number of pyridine rings is 1. The molecule has 37 heavy (non-hydrogen) atoms. The number of nitrogens with one attached hydrogen (secondary N) is 3. The average molecular weight is 543 g/mol. The van der Waals surface area contributed by atoms with Crippen LogP contribution in [0.5, 0.6) is 11.5 Å². The zero-order chi connectivity index (χ0) is 26.3. The molecule has 3 rings (SSSR count). The smallest absolute Gasteiger partial charge is 0.489 e. The van der Waals surface area contributed by atoms with Crippen molar-refractivity contribution >= 4 is 30.0 Å². The number of allylic oxidation sites excluding steroid dienone is 1. The van der Waals surface area contributed by atoms with E-state index in [1.165, 1.54) is 18.2 Å². The SMILES string of the molecule is CCCOc1c(CNC(=O)/C=C/Cc2cnc3c(c2)CNC(C)(C)C(=O)N3)cccc1OC(F)(F)F.Cl. The molecule has 1 aromatic carbocycles. The number of carbonyl (C=O) groups is 2. The van der Waals surface area contributed by atoms with E-state index in [0.29, 0.717) is 30.8 Å². The number of hydrogen-bond donors (Lipinski definition) is 3. The van der Waals surface area contributed by atoms with Crippen LogP contribution >= 0.6 is 12.4 Å². The molecule has 2 aromatic rings. The van der Waals surface area contributed by atoms with Gasteiger partial charge in [-0.05, 0) is 50.5 Å². The molecule has 1 aliphatic heterocycles. The van der Waals surface area contributed by atoms with Gasteiger partial charge >= 0.3 is 6.36 Å². The molecule has 0 atom stereocenters. The topological polar surface area (TPSA) is 102 Å². The highest BCUT2D eigenvalue weighted by atomic mass is 35.5. The number of fused-ring (bicyclic) bond motifs is 1. The van der Waals surface area contributed by atoms with Gasteiger partial charge in [0.2, 0.25) is 11.8 Å². The molecule has 0 unspecified atom stereocenters. The van der Waals surface area contributed by atoms with Gasteiger partial charge in [0.25, 0.3) is 0 Å². The Kier molecular flexibility index (Phi) is 10.3. The normalized spacial score (nSPS) is 14.7. The van der Waals surface area contributed by atoms with Crippen molar-refractivity contribution in [1.82, 2.24) is 15.6 Å². The number of alkyl halides is 3. The van der Waals surface area contributed by atoms with Crippen LogP contribution in [0.4, 0.5) is 19.0 Å². The predicted molar refractivity (Wildman–Crippen MR) is 135 cm³/mol. The Morgan fingerprint density at radius 3 is 2.76 bits per heavy atom. The van der Waals surface area contributed by atoms with E-state index in [0.717, 1.165) is 11.1 Å². The number of aromatic nitrogens is 1. The van der Waals surface area contributed by atoms with E-state index in [1.54, 1.807) is 32.2 Å². The van der Waals surface area contributed by atoms with Gasteiger partial charge in [-0.3, -0.25) is 14.9 Å². The van der Waals surface area contributed by atoms with E-state index < -0.39 is 23.6 Å². The van der Waals surface area contributed by atoms with Gasteiger partial charge in [0.05, 0.1) is 12.1 Å². The largest absolute Gasteiger partial charge is 0.573 e. The molecule has 0 aliphatic carbocycles. The van der Waals surface area contributed by atoms with Crippen molar-refractivity contribution in [2.75, 3.05) is 11.9 Å². The molecule has 0 fully saturated rings. The van der Waals surface area contributed by atoms with E-state index in [1.807, 2.05) is 13.0 Å². The van der Waals surface area contributed by atoms with Gasteiger partial charge in [0, 0.05) is 30.4 Å². The second-order valence-electron chi connectivity index (χ2n) is 8.75. The number of amides is 2. The zero-order valence-electron chi connectivity index (χ0n) is 20.7. The quantitative estimate of drug-likeness (QED) is 0.405. The molecule has 202 valence electrons. The van der Waals surface area contributed by atoms with Crippen molar-refractivity contribution in [1.29, 1.82) is 0 Å². The number of anilines is 1. The Balaban J connectivity index is 0.00000481. The Bertz CT molecular complexity index is 1140. The molecular weight excluding hydrogens is 513 g/mol. The molecule has 0 radical (unpaired) electrons. The van der Waals surface area contributed by atoms with Gasteiger partial charge < -0.3 is 20.1 Å². The number of nitrogens with zero attached hydrogens (tertiary/aromatic N) is 1. The first-order valence-corrected chi connectivity index (χ1v) is 11.5. The molecule has 2 amide bonds. The van der Waals surface area contributed by atoms with Gasteiger partial charge in [-0.25, -0.2) is 4.98 Å². The molecule has 2 heterocycles. The van der Waals surface area contributed by atoms with Crippen molar-refractivity contribution < 1.29 is 32.2 Å². The lowest BCUT2D eigenvalue weighted by Crippen LogP contribution is -2.47. The fourth-order valence-electron chi connectivity index (χ4n) is 3.40. The number of ether oxygens (including phenoxy) is 2. The summed E-state index contributed by atoms with van der Waals surface area (Å²) >= 11 is 0. The summed E-state index contributed by atoms with van der Waals surface area (Å²) in [4.78, 5) is 28.8. The Morgan fingerprint density at radius 1 is 1.30 bits per heavy atom. The number of para-hydroxylation sites is 1. The first kappa shape index (κ1) is 29.9. The van der Waals surface area contributed by atoms with Crippen LogP contribution in [-0.4, -0.2) is 35.3 Å². The third-order valence-electron chi connectivity index (χ3n) is 5.36. The van der Waals surface area contributed by atoms with Crippen LogP contribution in [-0.2, 0) is 29.1 Å². The van der Waals surface area contributed by atoms with Gasteiger partial charge in [0.1, 0.15) is 5.82 Å². The number of halogens is 4. The summed E-state index contributed by atoms with van der Waals surface area (Å²) in [5, 5.41) is 8.63. The number of benzene rings is 1. The van der Waals surface area contributed by atoms with Crippen LogP contribution < -0.4 is 25.4 Å². The molecule has 0 saturated carbocycles.